The summed E-state index contributed by atoms with van der Waals surface area (Å²) in [4.78, 5) is 4.75. The molecule has 0 spiro atoms. The van der Waals surface area contributed by atoms with Crippen LogP contribution < -0.4 is 5.32 Å². The molecule has 3 nitrogen and oxygen atoms in total. The number of nitrogens with zero attached hydrogens (tertiary/aromatic N) is 1. The van der Waals surface area contributed by atoms with Gasteiger partial charge in [0.15, 0.2) is 0 Å². The normalized spacial score (nSPS) is 35.9. The summed E-state index contributed by atoms with van der Waals surface area (Å²) in [7, 11) is 0. The van der Waals surface area contributed by atoms with Crippen LogP contribution >= 0.6 is 0 Å². The summed E-state index contributed by atoms with van der Waals surface area (Å²) in [5, 5.41) is 3.26. The molecule has 1 N–H and O–H groups in total. The van der Waals surface area contributed by atoms with Crippen LogP contribution in [0.4, 0.5) is 5.69 Å². The molecule has 92 valence electrons. The lowest BCUT2D eigenvalue weighted by atomic mass is 9.89. The number of allylic oxidation sites excluding steroid dienone is 1. The summed E-state index contributed by atoms with van der Waals surface area (Å²) in [6.07, 6.45) is 5.95. The van der Waals surface area contributed by atoms with Gasteiger partial charge in [-0.05, 0) is 24.5 Å². The summed E-state index contributed by atoms with van der Waals surface area (Å²) in [6, 6.07) is 11.2. The van der Waals surface area contributed by atoms with E-state index in [1.54, 1.807) is 0 Å². The van der Waals surface area contributed by atoms with Crippen LogP contribution in [-0.2, 0) is 4.74 Å². The fraction of sp³-hybridized carbons (Fsp3) is 0.400. The molecule has 1 aromatic rings. The number of amidine groups is 1. The van der Waals surface area contributed by atoms with Crippen LogP contribution in [0.2, 0.25) is 0 Å². The third-order valence-electron chi connectivity index (χ3n) is 4.28. The predicted octanol–water partition coefficient (Wildman–Crippen LogP) is 2.68. The second-order valence-electron chi connectivity index (χ2n) is 5.34. The van der Waals surface area contributed by atoms with E-state index in [9.17, 15) is 0 Å². The Hall–Kier alpha value is -1.77. The number of ether oxygens (including phenoxy) is 1. The molecule has 1 saturated carbocycles. The molecule has 1 aliphatic heterocycles. The van der Waals surface area contributed by atoms with Crippen LogP contribution in [-0.4, -0.2) is 18.7 Å². The van der Waals surface area contributed by atoms with Gasteiger partial charge >= 0.3 is 0 Å². The molecule has 3 aliphatic rings. The lowest BCUT2D eigenvalue weighted by molar-refractivity contribution is 0.177. The first-order chi connectivity index (χ1) is 8.90. The van der Waals surface area contributed by atoms with Crippen molar-refractivity contribution >= 4 is 11.7 Å². The number of benzene rings is 1. The molecule has 0 saturated heterocycles. The maximum Gasteiger partial charge on any atom is 0.289 e. The van der Waals surface area contributed by atoms with Crippen molar-refractivity contribution in [2.75, 3.05) is 11.9 Å². The van der Waals surface area contributed by atoms with Crippen molar-refractivity contribution in [3.05, 3.63) is 42.5 Å². The van der Waals surface area contributed by atoms with E-state index in [0.717, 1.165) is 12.3 Å². The second kappa shape index (κ2) is 3.87. The van der Waals surface area contributed by atoms with Crippen molar-refractivity contribution in [2.45, 2.75) is 12.5 Å². The molecule has 4 atom stereocenters. The topological polar surface area (TPSA) is 33.6 Å². The standard InChI is InChI=1S/C15H16N2O/c1-2-4-12(5-3-1)16-15-17-14-11-7-6-10(8-11)13(14)9-18-15/h1-7,10-11,13-14H,8-9H2,(H,16,17)/t10-,11+,13-,14+/m0/s1. The maximum absolute atomic E-state index is 5.75. The van der Waals surface area contributed by atoms with Gasteiger partial charge in [-0.3, -0.25) is 0 Å². The Balaban J connectivity index is 1.55. The van der Waals surface area contributed by atoms with Gasteiger partial charge in [0.2, 0.25) is 0 Å². The molecule has 0 amide bonds. The van der Waals surface area contributed by atoms with Crippen LogP contribution in [0, 0.1) is 17.8 Å². The van der Waals surface area contributed by atoms with Crippen LogP contribution in [0.1, 0.15) is 6.42 Å². The summed E-state index contributed by atoms with van der Waals surface area (Å²) >= 11 is 0. The second-order valence-corrected chi connectivity index (χ2v) is 5.34. The fourth-order valence-electron chi connectivity index (χ4n) is 3.37. The number of hydrogen-bond acceptors (Lipinski definition) is 3. The first-order valence-corrected chi connectivity index (χ1v) is 6.61. The van der Waals surface area contributed by atoms with E-state index in [1.807, 2.05) is 30.3 Å². The summed E-state index contributed by atoms with van der Waals surface area (Å²) in [5.41, 5.74) is 1.04. The molecular weight excluding hydrogens is 224 g/mol. The molecule has 0 aromatic heterocycles. The molecular formula is C15H16N2O. The van der Waals surface area contributed by atoms with Crippen molar-refractivity contribution in [3.8, 4) is 0 Å². The van der Waals surface area contributed by atoms with E-state index in [0.29, 0.717) is 29.8 Å². The molecule has 2 aliphatic carbocycles. The van der Waals surface area contributed by atoms with E-state index < -0.39 is 0 Å². The van der Waals surface area contributed by atoms with E-state index >= 15 is 0 Å². The number of nitrogens with one attached hydrogen (secondary N) is 1. The van der Waals surface area contributed by atoms with E-state index in [-0.39, 0.29) is 0 Å². The Bertz CT molecular complexity index is 508. The zero-order valence-electron chi connectivity index (χ0n) is 10.1. The lowest BCUT2D eigenvalue weighted by Gasteiger charge is -2.30. The SMILES string of the molecule is C1=C[C@H]2C[C@@H]1[C@H]1N=C(Nc3ccccc3)OC[C@H]12. The third kappa shape index (κ3) is 1.54. The molecule has 1 aromatic carbocycles. The molecule has 2 bridgehead atoms. The van der Waals surface area contributed by atoms with Gasteiger partial charge in [0.25, 0.3) is 6.02 Å². The molecule has 4 rings (SSSR count). The first kappa shape index (κ1) is 10.2. The van der Waals surface area contributed by atoms with Crippen LogP contribution in [0.5, 0.6) is 0 Å². The fourth-order valence-corrected chi connectivity index (χ4v) is 3.37. The van der Waals surface area contributed by atoms with Crippen molar-refractivity contribution in [2.24, 2.45) is 22.7 Å². The van der Waals surface area contributed by atoms with E-state index in [4.69, 9.17) is 9.73 Å². The van der Waals surface area contributed by atoms with Gasteiger partial charge in [-0.2, -0.15) is 0 Å². The van der Waals surface area contributed by atoms with Crippen LogP contribution in [0.25, 0.3) is 0 Å². The minimum absolute atomic E-state index is 0.431. The quantitative estimate of drug-likeness (QED) is 0.766. The summed E-state index contributed by atoms with van der Waals surface area (Å²) in [5.74, 6) is 1.93. The van der Waals surface area contributed by atoms with Gasteiger partial charge in [0.05, 0.1) is 12.6 Å². The number of anilines is 1. The number of aliphatic imine (C=N–C) groups is 1. The highest BCUT2D eigenvalue weighted by molar-refractivity contribution is 5.89. The first-order valence-electron chi connectivity index (χ1n) is 6.61. The van der Waals surface area contributed by atoms with Crippen molar-refractivity contribution < 1.29 is 4.74 Å². The number of para-hydroxylation sites is 1. The van der Waals surface area contributed by atoms with Gasteiger partial charge in [-0.25, -0.2) is 4.99 Å². The Morgan fingerprint density at radius 1 is 1.11 bits per heavy atom. The van der Waals surface area contributed by atoms with Gasteiger partial charge < -0.3 is 10.1 Å². The minimum Gasteiger partial charge on any atom is -0.465 e. The van der Waals surface area contributed by atoms with Crippen LogP contribution in [0.3, 0.4) is 0 Å². The summed E-state index contributed by atoms with van der Waals surface area (Å²) < 4.78 is 5.75. The summed E-state index contributed by atoms with van der Waals surface area (Å²) in [6.45, 7) is 0.800. The number of rotatable bonds is 1. The average molecular weight is 240 g/mol. The Morgan fingerprint density at radius 2 is 1.94 bits per heavy atom. The van der Waals surface area contributed by atoms with Crippen molar-refractivity contribution in [1.82, 2.24) is 0 Å². The Morgan fingerprint density at radius 3 is 2.83 bits per heavy atom. The maximum atomic E-state index is 5.75. The Labute approximate surface area is 107 Å². The van der Waals surface area contributed by atoms with Gasteiger partial charge in [-0.1, -0.05) is 30.4 Å². The monoisotopic (exact) mass is 240 g/mol. The Kier molecular flexibility index (Phi) is 2.19. The molecule has 0 radical (unpaired) electrons. The molecule has 1 heterocycles. The highest BCUT2D eigenvalue weighted by Gasteiger charge is 2.46. The zero-order chi connectivity index (χ0) is 11.9. The molecule has 0 unspecified atom stereocenters. The lowest BCUT2D eigenvalue weighted by Crippen LogP contribution is -2.36. The minimum atomic E-state index is 0.431. The van der Waals surface area contributed by atoms with Gasteiger partial charge in [-0.15, -0.1) is 0 Å². The zero-order valence-corrected chi connectivity index (χ0v) is 10.1. The largest absolute Gasteiger partial charge is 0.465 e. The predicted molar refractivity (Wildman–Crippen MR) is 71.5 cm³/mol. The van der Waals surface area contributed by atoms with E-state index in [1.165, 1.54) is 6.42 Å². The number of hydrogen-bond donors (Lipinski definition) is 1. The number of fused-ring (bicyclic) bond motifs is 5. The average Bonchev–Trinajstić information content (AvgIpc) is 3.01. The smallest absolute Gasteiger partial charge is 0.289 e. The van der Waals surface area contributed by atoms with Gasteiger partial charge in [0, 0.05) is 17.5 Å². The highest BCUT2D eigenvalue weighted by Crippen LogP contribution is 2.46. The third-order valence-corrected chi connectivity index (χ3v) is 4.28. The molecule has 1 fully saturated rings. The van der Waals surface area contributed by atoms with E-state index in [2.05, 4.69) is 17.5 Å². The van der Waals surface area contributed by atoms with Crippen LogP contribution in [0.15, 0.2) is 47.5 Å². The van der Waals surface area contributed by atoms with Crippen molar-refractivity contribution in [1.29, 1.82) is 0 Å². The molecule has 18 heavy (non-hydrogen) atoms. The van der Waals surface area contributed by atoms with Gasteiger partial charge in [0.1, 0.15) is 0 Å². The van der Waals surface area contributed by atoms with Crippen molar-refractivity contribution in [3.63, 3.8) is 0 Å². The highest BCUT2D eigenvalue weighted by atomic mass is 16.5. The molecule has 3 heteroatoms.